The Balaban J connectivity index is 2.08. The number of hydrogen-bond donors (Lipinski definition) is 1. The Bertz CT molecular complexity index is 589. The van der Waals surface area contributed by atoms with E-state index in [-0.39, 0.29) is 22.0 Å². The Hall–Kier alpha value is -0.140. The molecule has 2 saturated heterocycles. The molecule has 2 heterocycles. The molecular formula is C13H16BrClN2O2S. The molecule has 1 aromatic carbocycles. The second-order valence-electron chi connectivity index (χ2n) is 5.26. The minimum atomic E-state index is -3.57. The number of benzene rings is 1. The van der Waals surface area contributed by atoms with E-state index in [0.717, 1.165) is 32.4 Å². The van der Waals surface area contributed by atoms with Crippen LogP contribution in [0.25, 0.3) is 0 Å². The average Bonchev–Trinajstić information content (AvgIpc) is 2.63. The largest absolute Gasteiger partial charge is 0.315 e. The maximum atomic E-state index is 13.0. The highest BCUT2D eigenvalue weighted by atomic mass is 79.9. The van der Waals surface area contributed by atoms with Gasteiger partial charge in [-0.25, -0.2) is 8.42 Å². The topological polar surface area (TPSA) is 49.4 Å². The van der Waals surface area contributed by atoms with E-state index in [9.17, 15) is 8.42 Å². The van der Waals surface area contributed by atoms with Gasteiger partial charge in [0.1, 0.15) is 4.90 Å². The molecule has 110 valence electrons. The average molecular weight is 380 g/mol. The molecule has 20 heavy (non-hydrogen) atoms. The van der Waals surface area contributed by atoms with Crippen molar-refractivity contribution in [3.8, 4) is 0 Å². The third kappa shape index (κ3) is 2.41. The zero-order chi connectivity index (χ0) is 14.3. The molecule has 2 aliphatic rings. The zero-order valence-corrected chi connectivity index (χ0v) is 14.0. The predicted molar refractivity (Wildman–Crippen MR) is 82.5 cm³/mol. The standard InChI is InChI=1S/C13H16BrClN2O2S/c14-11-2-1-3-12(15)13(11)20(18,19)17-9-4-5-10(17)8-16-7-6-9/h1-3,9-10,16H,4-8H2. The van der Waals surface area contributed by atoms with Gasteiger partial charge in [0.25, 0.3) is 0 Å². The summed E-state index contributed by atoms with van der Waals surface area (Å²) in [6.07, 6.45) is 2.71. The maximum Gasteiger partial charge on any atom is 0.246 e. The first-order valence-corrected chi connectivity index (χ1v) is 9.31. The van der Waals surface area contributed by atoms with Gasteiger partial charge in [0.05, 0.1) is 5.02 Å². The summed E-state index contributed by atoms with van der Waals surface area (Å²) in [7, 11) is -3.57. The molecule has 0 amide bonds. The minimum absolute atomic E-state index is 0.0377. The van der Waals surface area contributed by atoms with Gasteiger partial charge in [-0.05, 0) is 53.9 Å². The fourth-order valence-corrected chi connectivity index (χ4v) is 6.74. The van der Waals surface area contributed by atoms with E-state index in [0.29, 0.717) is 4.47 Å². The fourth-order valence-electron chi connectivity index (χ4n) is 3.17. The van der Waals surface area contributed by atoms with Crippen LogP contribution < -0.4 is 5.32 Å². The Morgan fingerprint density at radius 3 is 2.75 bits per heavy atom. The van der Waals surface area contributed by atoms with Crippen molar-refractivity contribution >= 4 is 37.6 Å². The van der Waals surface area contributed by atoms with Crippen molar-refractivity contribution in [3.63, 3.8) is 0 Å². The molecule has 0 saturated carbocycles. The number of halogens is 2. The van der Waals surface area contributed by atoms with Crippen molar-refractivity contribution in [2.24, 2.45) is 0 Å². The highest BCUT2D eigenvalue weighted by Gasteiger charge is 2.44. The van der Waals surface area contributed by atoms with Crippen LogP contribution >= 0.6 is 27.5 Å². The highest BCUT2D eigenvalue weighted by Crippen LogP contribution is 2.38. The maximum absolute atomic E-state index is 13.0. The Labute approximate surface area is 132 Å². The summed E-state index contributed by atoms with van der Waals surface area (Å²) >= 11 is 9.46. The quantitative estimate of drug-likeness (QED) is 0.859. The number of nitrogens with zero attached hydrogens (tertiary/aromatic N) is 1. The van der Waals surface area contributed by atoms with Crippen LogP contribution in [0.1, 0.15) is 19.3 Å². The number of sulfonamides is 1. The van der Waals surface area contributed by atoms with Crippen molar-refractivity contribution < 1.29 is 8.42 Å². The molecule has 0 aliphatic carbocycles. The second-order valence-corrected chi connectivity index (χ2v) is 8.31. The molecule has 7 heteroatoms. The van der Waals surface area contributed by atoms with Crippen molar-refractivity contribution in [3.05, 3.63) is 27.7 Å². The Morgan fingerprint density at radius 2 is 2.00 bits per heavy atom. The summed E-state index contributed by atoms with van der Waals surface area (Å²) in [6, 6.07) is 5.21. The summed E-state index contributed by atoms with van der Waals surface area (Å²) in [6.45, 7) is 1.59. The van der Waals surface area contributed by atoms with E-state index in [1.54, 1.807) is 22.5 Å². The summed E-state index contributed by atoms with van der Waals surface area (Å²) in [5.74, 6) is 0. The number of hydrogen-bond acceptors (Lipinski definition) is 3. The van der Waals surface area contributed by atoms with Gasteiger partial charge in [0, 0.05) is 23.1 Å². The molecule has 4 nitrogen and oxygen atoms in total. The van der Waals surface area contributed by atoms with Gasteiger partial charge >= 0.3 is 0 Å². The second kappa shape index (κ2) is 5.57. The van der Waals surface area contributed by atoms with Crippen LogP contribution in [0.4, 0.5) is 0 Å². The molecule has 2 fully saturated rings. The fraction of sp³-hybridized carbons (Fsp3) is 0.538. The van der Waals surface area contributed by atoms with Crippen LogP contribution in [0.2, 0.25) is 5.02 Å². The van der Waals surface area contributed by atoms with E-state index >= 15 is 0 Å². The van der Waals surface area contributed by atoms with Crippen molar-refractivity contribution in [1.82, 2.24) is 9.62 Å². The van der Waals surface area contributed by atoms with Gasteiger partial charge in [-0.15, -0.1) is 0 Å². The smallest absolute Gasteiger partial charge is 0.246 e. The lowest BCUT2D eigenvalue weighted by Gasteiger charge is -2.27. The minimum Gasteiger partial charge on any atom is -0.315 e. The van der Waals surface area contributed by atoms with Crippen molar-refractivity contribution in [1.29, 1.82) is 0 Å². The lowest BCUT2D eigenvalue weighted by Crippen LogP contribution is -2.42. The first-order chi connectivity index (χ1) is 9.51. The third-order valence-electron chi connectivity index (χ3n) is 4.04. The molecule has 2 atom stereocenters. The first-order valence-electron chi connectivity index (χ1n) is 6.70. The Kier molecular flexibility index (Phi) is 4.12. The van der Waals surface area contributed by atoms with Gasteiger partial charge in [0.15, 0.2) is 0 Å². The van der Waals surface area contributed by atoms with Gasteiger partial charge in [-0.2, -0.15) is 4.31 Å². The molecule has 1 aromatic rings. The third-order valence-corrected chi connectivity index (χ3v) is 7.50. The normalized spacial score (nSPS) is 27.5. The van der Waals surface area contributed by atoms with Crippen LogP contribution in [0.3, 0.4) is 0 Å². The SMILES string of the molecule is O=S(=O)(c1c(Cl)cccc1Br)N1C2CCNCC1CC2. The number of rotatable bonds is 2. The number of fused-ring (bicyclic) bond motifs is 2. The molecule has 1 N–H and O–H groups in total. The molecule has 0 radical (unpaired) electrons. The molecular weight excluding hydrogens is 364 g/mol. The monoisotopic (exact) mass is 378 g/mol. The van der Waals surface area contributed by atoms with Gasteiger partial charge < -0.3 is 5.32 Å². The van der Waals surface area contributed by atoms with Gasteiger partial charge in [-0.3, -0.25) is 0 Å². The van der Waals surface area contributed by atoms with Crippen molar-refractivity contribution in [2.75, 3.05) is 13.1 Å². The molecule has 0 aromatic heterocycles. The summed E-state index contributed by atoms with van der Waals surface area (Å²) in [5, 5.41) is 3.58. The van der Waals surface area contributed by atoms with E-state index in [2.05, 4.69) is 21.2 Å². The van der Waals surface area contributed by atoms with E-state index < -0.39 is 10.0 Å². The molecule has 2 aliphatic heterocycles. The van der Waals surface area contributed by atoms with Crippen LogP contribution in [-0.4, -0.2) is 37.9 Å². The first kappa shape index (κ1) is 14.8. The number of nitrogens with one attached hydrogen (secondary N) is 1. The van der Waals surface area contributed by atoms with Crippen LogP contribution in [0, 0.1) is 0 Å². The zero-order valence-electron chi connectivity index (χ0n) is 10.9. The molecule has 2 bridgehead atoms. The summed E-state index contributed by atoms with van der Waals surface area (Å²) in [4.78, 5) is 0.195. The van der Waals surface area contributed by atoms with E-state index in [1.807, 2.05) is 0 Å². The van der Waals surface area contributed by atoms with Gasteiger partial charge in [-0.1, -0.05) is 17.7 Å². The lowest BCUT2D eigenvalue weighted by atomic mass is 10.1. The lowest BCUT2D eigenvalue weighted by molar-refractivity contribution is 0.334. The molecule has 3 rings (SSSR count). The van der Waals surface area contributed by atoms with E-state index in [4.69, 9.17) is 11.6 Å². The van der Waals surface area contributed by atoms with Crippen LogP contribution in [0.5, 0.6) is 0 Å². The van der Waals surface area contributed by atoms with Crippen LogP contribution in [-0.2, 0) is 10.0 Å². The molecule has 0 spiro atoms. The Morgan fingerprint density at radius 1 is 1.25 bits per heavy atom. The summed E-state index contributed by atoms with van der Waals surface area (Å²) < 4.78 is 28.3. The predicted octanol–water partition coefficient (Wildman–Crippen LogP) is 2.62. The van der Waals surface area contributed by atoms with E-state index in [1.165, 1.54) is 0 Å². The van der Waals surface area contributed by atoms with Gasteiger partial charge in [0.2, 0.25) is 10.0 Å². The summed E-state index contributed by atoms with van der Waals surface area (Å²) in [5.41, 5.74) is 0. The van der Waals surface area contributed by atoms with Crippen LogP contribution in [0.15, 0.2) is 27.6 Å². The van der Waals surface area contributed by atoms with Crippen molar-refractivity contribution in [2.45, 2.75) is 36.2 Å². The highest BCUT2D eigenvalue weighted by molar-refractivity contribution is 9.10. The molecule has 2 unspecified atom stereocenters.